The molecule has 0 saturated heterocycles. The molecule has 0 radical (unpaired) electrons. The fourth-order valence-corrected chi connectivity index (χ4v) is 2.17. The molecule has 6 heteroatoms. The van der Waals surface area contributed by atoms with Crippen LogP contribution in [0.25, 0.3) is 5.69 Å². The Morgan fingerprint density at radius 1 is 1.48 bits per heavy atom. The van der Waals surface area contributed by atoms with Crippen molar-refractivity contribution in [1.82, 2.24) is 25.0 Å². The summed E-state index contributed by atoms with van der Waals surface area (Å²) < 4.78 is 1.73. The first-order chi connectivity index (χ1) is 10.1. The Morgan fingerprint density at radius 3 is 2.76 bits per heavy atom. The van der Waals surface area contributed by atoms with Crippen molar-refractivity contribution in [2.75, 3.05) is 13.6 Å². The molecule has 1 aromatic heterocycles. The van der Waals surface area contributed by atoms with E-state index in [-0.39, 0.29) is 6.04 Å². The Morgan fingerprint density at radius 2 is 2.19 bits per heavy atom. The summed E-state index contributed by atoms with van der Waals surface area (Å²) in [5, 5.41) is 7.96. The lowest BCUT2D eigenvalue weighted by molar-refractivity contribution is 0.397. The van der Waals surface area contributed by atoms with Gasteiger partial charge in [0.2, 0.25) is 0 Å². The Kier molecular flexibility index (Phi) is 5.05. The molecule has 21 heavy (non-hydrogen) atoms. The molecular formula is C15H19N5S. The first-order valence-electron chi connectivity index (χ1n) is 6.70. The van der Waals surface area contributed by atoms with E-state index in [1.54, 1.807) is 17.1 Å². The highest BCUT2D eigenvalue weighted by molar-refractivity contribution is 7.80. The summed E-state index contributed by atoms with van der Waals surface area (Å²) in [5.74, 6) is 0. The van der Waals surface area contributed by atoms with E-state index in [4.69, 9.17) is 12.2 Å². The molecule has 0 bridgehead atoms. The Balaban J connectivity index is 2.07. The van der Waals surface area contributed by atoms with Crippen molar-refractivity contribution >= 4 is 17.3 Å². The van der Waals surface area contributed by atoms with Gasteiger partial charge in [-0.15, -0.1) is 6.58 Å². The molecule has 2 rings (SSSR count). The van der Waals surface area contributed by atoms with Gasteiger partial charge in [-0.3, -0.25) is 0 Å². The van der Waals surface area contributed by atoms with Gasteiger partial charge in [-0.05, 0) is 36.8 Å². The molecule has 0 aliphatic rings. The molecule has 0 unspecified atom stereocenters. The van der Waals surface area contributed by atoms with E-state index >= 15 is 0 Å². The van der Waals surface area contributed by atoms with Gasteiger partial charge in [0.15, 0.2) is 5.11 Å². The molecule has 0 fully saturated rings. The maximum atomic E-state index is 5.35. The van der Waals surface area contributed by atoms with E-state index in [0.29, 0.717) is 11.7 Å². The summed E-state index contributed by atoms with van der Waals surface area (Å²) in [4.78, 5) is 5.98. The van der Waals surface area contributed by atoms with Gasteiger partial charge < -0.3 is 10.2 Å². The van der Waals surface area contributed by atoms with Crippen LogP contribution in [-0.4, -0.2) is 38.4 Å². The molecule has 0 saturated carbocycles. The molecule has 2 aromatic rings. The van der Waals surface area contributed by atoms with Crippen LogP contribution in [0.5, 0.6) is 0 Å². The van der Waals surface area contributed by atoms with Gasteiger partial charge in [-0.2, -0.15) is 5.10 Å². The number of aromatic nitrogens is 3. The minimum Gasteiger partial charge on any atom is -0.359 e. The van der Waals surface area contributed by atoms with E-state index in [9.17, 15) is 0 Å². The lowest BCUT2D eigenvalue weighted by atomic mass is 10.1. The van der Waals surface area contributed by atoms with E-state index in [2.05, 4.69) is 41.0 Å². The maximum absolute atomic E-state index is 5.35. The summed E-state index contributed by atoms with van der Waals surface area (Å²) in [6.07, 6.45) is 4.99. The standard InChI is InChI=1S/C15H19N5S/c1-4-9-17-15(21)19(3)12(2)13-5-7-14(8-6-13)20-11-16-10-18-20/h4-8,10-12H,1,9H2,2-3H3,(H,17,21)/t12-/m1/s1. The number of thiocarbonyl (C=S) groups is 1. The lowest BCUT2D eigenvalue weighted by Crippen LogP contribution is -2.38. The van der Waals surface area contributed by atoms with Crippen molar-refractivity contribution in [2.45, 2.75) is 13.0 Å². The number of hydrogen-bond donors (Lipinski definition) is 1. The van der Waals surface area contributed by atoms with Crippen LogP contribution in [0.4, 0.5) is 0 Å². The number of rotatable bonds is 5. The fraction of sp³-hybridized carbons (Fsp3) is 0.267. The third-order valence-electron chi connectivity index (χ3n) is 3.36. The van der Waals surface area contributed by atoms with Crippen molar-refractivity contribution < 1.29 is 0 Å². The van der Waals surface area contributed by atoms with E-state index < -0.39 is 0 Å². The second-order valence-corrected chi connectivity index (χ2v) is 5.08. The quantitative estimate of drug-likeness (QED) is 0.678. The molecule has 1 N–H and O–H groups in total. The van der Waals surface area contributed by atoms with Gasteiger partial charge in [0.25, 0.3) is 0 Å². The summed E-state index contributed by atoms with van der Waals surface area (Å²) in [6.45, 7) is 6.46. The summed E-state index contributed by atoms with van der Waals surface area (Å²) in [5.41, 5.74) is 2.17. The molecule has 0 aliphatic heterocycles. The van der Waals surface area contributed by atoms with Crippen molar-refractivity contribution in [3.05, 3.63) is 55.1 Å². The summed E-state index contributed by atoms with van der Waals surface area (Å²) in [6, 6.07) is 8.38. The first kappa shape index (κ1) is 15.2. The Labute approximate surface area is 130 Å². The molecule has 0 spiro atoms. The molecule has 1 heterocycles. The van der Waals surface area contributed by atoms with Crippen molar-refractivity contribution in [1.29, 1.82) is 0 Å². The molecule has 5 nitrogen and oxygen atoms in total. The molecule has 0 aliphatic carbocycles. The summed E-state index contributed by atoms with van der Waals surface area (Å²) in [7, 11) is 1.98. The molecule has 0 amide bonds. The van der Waals surface area contributed by atoms with E-state index in [1.807, 2.05) is 24.1 Å². The zero-order valence-electron chi connectivity index (χ0n) is 12.2. The number of hydrogen-bond acceptors (Lipinski definition) is 3. The van der Waals surface area contributed by atoms with E-state index in [1.165, 1.54) is 11.9 Å². The minimum atomic E-state index is 0.180. The average molecular weight is 301 g/mol. The van der Waals surface area contributed by atoms with Crippen LogP contribution < -0.4 is 5.32 Å². The maximum Gasteiger partial charge on any atom is 0.169 e. The SMILES string of the molecule is C=CCNC(=S)N(C)[C@H](C)c1ccc(-n2cncn2)cc1. The predicted octanol–water partition coefficient (Wildman–Crippen LogP) is 2.32. The fourth-order valence-electron chi connectivity index (χ4n) is 1.93. The van der Waals surface area contributed by atoms with Crippen LogP contribution in [0, 0.1) is 0 Å². The zero-order chi connectivity index (χ0) is 15.2. The normalized spacial score (nSPS) is 11.7. The third kappa shape index (κ3) is 3.66. The summed E-state index contributed by atoms with van der Waals surface area (Å²) >= 11 is 5.35. The van der Waals surface area contributed by atoms with Crippen molar-refractivity contribution in [2.24, 2.45) is 0 Å². The predicted molar refractivity (Wildman–Crippen MR) is 88.3 cm³/mol. The number of nitrogens with zero attached hydrogens (tertiary/aromatic N) is 4. The molecular weight excluding hydrogens is 282 g/mol. The van der Waals surface area contributed by atoms with Gasteiger partial charge in [0.05, 0.1) is 11.7 Å². The van der Waals surface area contributed by atoms with Crippen molar-refractivity contribution in [3.63, 3.8) is 0 Å². The second-order valence-electron chi connectivity index (χ2n) is 4.69. The van der Waals surface area contributed by atoms with Crippen LogP contribution in [0.2, 0.25) is 0 Å². The highest BCUT2D eigenvalue weighted by atomic mass is 32.1. The lowest BCUT2D eigenvalue weighted by Gasteiger charge is -2.28. The van der Waals surface area contributed by atoms with Crippen LogP contribution in [0.3, 0.4) is 0 Å². The highest BCUT2D eigenvalue weighted by Gasteiger charge is 2.14. The second kappa shape index (κ2) is 6.99. The van der Waals surface area contributed by atoms with Gasteiger partial charge in [-0.1, -0.05) is 18.2 Å². The Hall–Kier alpha value is -2.21. The van der Waals surface area contributed by atoms with Gasteiger partial charge >= 0.3 is 0 Å². The Bertz CT molecular complexity index is 591. The van der Waals surface area contributed by atoms with Crippen LogP contribution in [0.1, 0.15) is 18.5 Å². The molecule has 1 atom stereocenters. The van der Waals surface area contributed by atoms with Gasteiger partial charge in [0, 0.05) is 13.6 Å². The minimum absolute atomic E-state index is 0.180. The van der Waals surface area contributed by atoms with Crippen LogP contribution in [-0.2, 0) is 0 Å². The van der Waals surface area contributed by atoms with Crippen LogP contribution in [0.15, 0.2) is 49.6 Å². The van der Waals surface area contributed by atoms with E-state index in [0.717, 1.165) is 5.69 Å². The van der Waals surface area contributed by atoms with Gasteiger partial charge in [-0.25, -0.2) is 9.67 Å². The molecule has 110 valence electrons. The molecule has 1 aromatic carbocycles. The van der Waals surface area contributed by atoms with Crippen LogP contribution >= 0.6 is 12.2 Å². The average Bonchev–Trinajstić information content (AvgIpc) is 3.05. The number of nitrogens with one attached hydrogen (secondary N) is 1. The largest absolute Gasteiger partial charge is 0.359 e. The smallest absolute Gasteiger partial charge is 0.169 e. The van der Waals surface area contributed by atoms with Gasteiger partial charge in [0.1, 0.15) is 12.7 Å². The van der Waals surface area contributed by atoms with Crippen molar-refractivity contribution in [3.8, 4) is 5.69 Å². The highest BCUT2D eigenvalue weighted by Crippen LogP contribution is 2.20. The zero-order valence-corrected chi connectivity index (χ0v) is 13.0. The number of benzene rings is 1. The third-order valence-corrected chi connectivity index (χ3v) is 3.79. The topological polar surface area (TPSA) is 46.0 Å². The first-order valence-corrected chi connectivity index (χ1v) is 7.11. The monoisotopic (exact) mass is 301 g/mol.